The van der Waals surface area contributed by atoms with Crippen molar-refractivity contribution >= 4 is 23.1 Å². The van der Waals surface area contributed by atoms with Crippen molar-refractivity contribution in [3.05, 3.63) is 60.3 Å². The number of rotatable bonds is 5. The standard InChI is InChI=1S/C17H17N5O/c1-12-8-9-15(23-2)14(10-12)20-17-21-16(11-18-22-17)19-13-6-4-3-5-7-13/h3-11H,1-2H3,(H2,19,20,21,22). The zero-order valence-corrected chi connectivity index (χ0v) is 12.9. The van der Waals surface area contributed by atoms with Gasteiger partial charge in [-0.1, -0.05) is 24.3 Å². The predicted octanol–water partition coefficient (Wildman–Crippen LogP) is 3.68. The molecule has 1 aromatic heterocycles. The summed E-state index contributed by atoms with van der Waals surface area (Å²) in [7, 11) is 1.63. The lowest BCUT2D eigenvalue weighted by Crippen LogP contribution is -2.03. The van der Waals surface area contributed by atoms with Crippen molar-refractivity contribution in [3.63, 3.8) is 0 Å². The summed E-state index contributed by atoms with van der Waals surface area (Å²) in [5, 5.41) is 14.3. The molecule has 6 nitrogen and oxygen atoms in total. The van der Waals surface area contributed by atoms with Crippen LogP contribution in [0.4, 0.5) is 23.1 Å². The number of benzene rings is 2. The topological polar surface area (TPSA) is 72.0 Å². The highest BCUT2D eigenvalue weighted by molar-refractivity contribution is 5.64. The van der Waals surface area contributed by atoms with E-state index < -0.39 is 0 Å². The molecular weight excluding hydrogens is 290 g/mol. The Kier molecular flexibility index (Phi) is 4.33. The average molecular weight is 307 g/mol. The summed E-state index contributed by atoms with van der Waals surface area (Å²) in [5.41, 5.74) is 2.85. The van der Waals surface area contributed by atoms with Crippen molar-refractivity contribution in [2.45, 2.75) is 6.92 Å². The molecule has 0 bridgehead atoms. The number of methoxy groups -OCH3 is 1. The summed E-state index contributed by atoms with van der Waals surface area (Å²) in [6.45, 7) is 2.01. The lowest BCUT2D eigenvalue weighted by Gasteiger charge is -2.11. The molecule has 0 aliphatic carbocycles. The van der Waals surface area contributed by atoms with Crippen molar-refractivity contribution in [2.24, 2.45) is 0 Å². The molecule has 0 atom stereocenters. The maximum Gasteiger partial charge on any atom is 0.249 e. The number of hydrogen-bond acceptors (Lipinski definition) is 6. The maximum absolute atomic E-state index is 5.34. The summed E-state index contributed by atoms with van der Waals surface area (Å²) in [6.07, 6.45) is 1.58. The van der Waals surface area contributed by atoms with Gasteiger partial charge in [0.05, 0.1) is 19.0 Å². The van der Waals surface area contributed by atoms with E-state index in [0.29, 0.717) is 11.8 Å². The first-order valence-electron chi connectivity index (χ1n) is 7.18. The first-order chi connectivity index (χ1) is 11.2. The van der Waals surface area contributed by atoms with Crippen molar-refractivity contribution < 1.29 is 4.74 Å². The van der Waals surface area contributed by atoms with Crippen LogP contribution in [0.15, 0.2) is 54.7 Å². The number of nitrogens with zero attached hydrogens (tertiary/aromatic N) is 3. The van der Waals surface area contributed by atoms with E-state index in [0.717, 1.165) is 22.7 Å². The minimum Gasteiger partial charge on any atom is -0.495 e. The Balaban J connectivity index is 1.82. The Morgan fingerprint density at radius 1 is 1.00 bits per heavy atom. The third kappa shape index (κ3) is 3.74. The van der Waals surface area contributed by atoms with Crippen LogP contribution < -0.4 is 15.4 Å². The van der Waals surface area contributed by atoms with E-state index in [4.69, 9.17) is 4.74 Å². The fourth-order valence-electron chi connectivity index (χ4n) is 2.13. The van der Waals surface area contributed by atoms with Gasteiger partial charge in [0.1, 0.15) is 5.75 Å². The average Bonchev–Trinajstić information content (AvgIpc) is 2.56. The molecule has 3 aromatic rings. The molecule has 2 aromatic carbocycles. The molecule has 6 heteroatoms. The Hall–Kier alpha value is -3.15. The predicted molar refractivity (Wildman–Crippen MR) is 90.6 cm³/mol. The van der Waals surface area contributed by atoms with Gasteiger partial charge in [0.25, 0.3) is 0 Å². The quantitative estimate of drug-likeness (QED) is 0.749. The van der Waals surface area contributed by atoms with Crippen LogP contribution in [0, 0.1) is 6.92 Å². The van der Waals surface area contributed by atoms with Gasteiger partial charge in [0.15, 0.2) is 5.82 Å². The SMILES string of the molecule is COc1ccc(C)cc1Nc1nncc(Nc2ccccc2)n1. The molecule has 0 amide bonds. The minimum absolute atomic E-state index is 0.398. The van der Waals surface area contributed by atoms with E-state index >= 15 is 0 Å². The third-order valence-electron chi connectivity index (χ3n) is 3.21. The number of hydrogen-bond donors (Lipinski definition) is 2. The van der Waals surface area contributed by atoms with Crippen LogP contribution in [-0.2, 0) is 0 Å². The van der Waals surface area contributed by atoms with Gasteiger partial charge in [0, 0.05) is 5.69 Å². The summed E-state index contributed by atoms with van der Waals surface area (Å²) in [6, 6.07) is 15.6. The van der Waals surface area contributed by atoms with Crippen LogP contribution >= 0.6 is 0 Å². The molecule has 0 unspecified atom stereocenters. The minimum atomic E-state index is 0.398. The molecule has 0 radical (unpaired) electrons. The monoisotopic (exact) mass is 307 g/mol. The largest absolute Gasteiger partial charge is 0.495 e. The maximum atomic E-state index is 5.34. The van der Waals surface area contributed by atoms with Crippen LogP contribution in [0.3, 0.4) is 0 Å². The van der Waals surface area contributed by atoms with Gasteiger partial charge in [-0.25, -0.2) is 0 Å². The van der Waals surface area contributed by atoms with Gasteiger partial charge < -0.3 is 15.4 Å². The van der Waals surface area contributed by atoms with Crippen LogP contribution in [0.25, 0.3) is 0 Å². The molecule has 0 fully saturated rings. The number of para-hydroxylation sites is 1. The number of ether oxygens (including phenoxy) is 1. The number of anilines is 4. The Labute approximate surface area is 134 Å². The second-order valence-electron chi connectivity index (χ2n) is 4.98. The fraction of sp³-hybridized carbons (Fsp3) is 0.118. The number of aryl methyl sites for hydroxylation is 1. The zero-order valence-electron chi connectivity index (χ0n) is 12.9. The molecule has 0 aliphatic heterocycles. The van der Waals surface area contributed by atoms with Crippen molar-refractivity contribution in [1.29, 1.82) is 0 Å². The number of nitrogens with one attached hydrogen (secondary N) is 2. The second-order valence-corrected chi connectivity index (χ2v) is 4.98. The van der Waals surface area contributed by atoms with Gasteiger partial charge in [0.2, 0.25) is 5.95 Å². The van der Waals surface area contributed by atoms with E-state index in [9.17, 15) is 0 Å². The van der Waals surface area contributed by atoms with Gasteiger partial charge in [-0.05, 0) is 36.8 Å². The molecular formula is C17H17N5O. The lowest BCUT2D eigenvalue weighted by atomic mass is 10.2. The van der Waals surface area contributed by atoms with E-state index in [-0.39, 0.29) is 0 Å². The first-order valence-corrected chi connectivity index (χ1v) is 7.18. The van der Waals surface area contributed by atoms with E-state index in [1.807, 2.05) is 55.5 Å². The van der Waals surface area contributed by atoms with E-state index in [1.165, 1.54) is 0 Å². The third-order valence-corrected chi connectivity index (χ3v) is 3.21. The molecule has 2 N–H and O–H groups in total. The Bertz CT molecular complexity index is 792. The Morgan fingerprint density at radius 3 is 2.61 bits per heavy atom. The highest BCUT2D eigenvalue weighted by Crippen LogP contribution is 2.27. The molecule has 23 heavy (non-hydrogen) atoms. The Morgan fingerprint density at radius 2 is 1.83 bits per heavy atom. The summed E-state index contributed by atoms with van der Waals surface area (Å²) in [4.78, 5) is 4.42. The summed E-state index contributed by atoms with van der Waals surface area (Å²) < 4.78 is 5.34. The van der Waals surface area contributed by atoms with Crippen LogP contribution in [0.5, 0.6) is 5.75 Å². The zero-order chi connectivity index (χ0) is 16.1. The molecule has 1 heterocycles. The summed E-state index contributed by atoms with van der Waals surface area (Å²) >= 11 is 0. The molecule has 116 valence electrons. The van der Waals surface area contributed by atoms with Gasteiger partial charge in [-0.2, -0.15) is 10.1 Å². The van der Waals surface area contributed by atoms with Crippen molar-refractivity contribution in [3.8, 4) is 5.75 Å². The van der Waals surface area contributed by atoms with E-state index in [1.54, 1.807) is 13.3 Å². The molecule has 0 aliphatic rings. The molecule has 3 rings (SSSR count). The first kappa shape index (κ1) is 14.8. The highest BCUT2D eigenvalue weighted by atomic mass is 16.5. The molecule has 0 spiro atoms. The van der Waals surface area contributed by atoms with Crippen LogP contribution in [0.2, 0.25) is 0 Å². The number of aromatic nitrogens is 3. The molecule has 0 saturated heterocycles. The van der Waals surface area contributed by atoms with Crippen molar-refractivity contribution in [2.75, 3.05) is 17.7 Å². The smallest absolute Gasteiger partial charge is 0.249 e. The second kappa shape index (κ2) is 6.74. The highest BCUT2D eigenvalue weighted by Gasteiger charge is 2.07. The fourth-order valence-corrected chi connectivity index (χ4v) is 2.13. The van der Waals surface area contributed by atoms with Gasteiger partial charge in [-0.3, -0.25) is 0 Å². The summed E-state index contributed by atoms with van der Waals surface area (Å²) in [5.74, 6) is 1.73. The van der Waals surface area contributed by atoms with Gasteiger partial charge >= 0.3 is 0 Å². The van der Waals surface area contributed by atoms with Crippen LogP contribution in [-0.4, -0.2) is 22.3 Å². The van der Waals surface area contributed by atoms with Crippen molar-refractivity contribution in [1.82, 2.24) is 15.2 Å². The lowest BCUT2D eigenvalue weighted by molar-refractivity contribution is 0.416. The van der Waals surface area contributed by atoms with E-state index in [2.05, 4.69) is 25.8 Å². The molecule has 0 saturated carbocycles. The van der Waals surface area contributed by atoms with Crippen LogP contribution in [0.1, 0.15) is 5.56 Å². The normalized spacial score (nSPS) is 10.2. The van der Waals surface area contributed by atoms with Gasteiger partial charge in [-0.15, -0.1) is 5.10 Å².